The van der Waals surface area contributed by atoms with Crippen LogP contribution in [-0.2, 0) is 27.8 Å². The number of nitrogens with one attached hydrogen (secondary N) is 3. The Morgan fingerprint density at radius 1 is 1.20 bits per heavy atom. The van der Waals surface area contributed by atoms with E-state index in [1.807, 2.05) is 37.4 Å². The van der Waals surface area contributed by atoms with Gasteiger partial charge in [-0.3, -0.25) is 14.4 Å². The van der Waals surface area contributed by atoms with E-state index < -0.39 is 17.1 Å². The third kappa shape index (κ3) is 3.37. The van der Waals surface area contributed by atoms with Crippen molar-refractivity contribution in [1.82, 2.24) is 20.9 Å². The molecule has 2 bridgehead atoms. The van der Waals surface area contributed by atoms with Crippen LogP contribution in [0.25, 0.3) is 5.57 Å². The molecule has 40 heavy (non-hydrogen) atoms. The number of likely N-dealkylation sites (tertiary alicyclic amines) is 1. The molecule has 0 aromatic heterocycles. The second kappa shape index (κ2) is 8.78. The van der Waals surface area contributed by atoms with Crippen LogP contribution in [0.2, 0.25) is 0 Å². The maximum absolute atomic E-state index is 13.4. The highest BCUT2D eigenvalue weighted by molar-refractivity contribution is 6.20. The summed E-state index contributed by atoms with van der Waals surface area (Å²) in [5, 5.41) is 20.7. The summed E-state index contributed by atoms with van der Waals surface area (Å²) in [4.78, 5) is 41.0. The average molecular weight is 541 g/mol. The molecule has 1 saturated heterocycles. The standard InChI is InChI=1S/C31H32N4O5/c1-17-33-16-22(29(38)34-17)19-5-3-18(4-6-19)10-13-32-28(37)21-8-7-20-15-24-31(39)11-9-23(36)27-30(31,12-14-35(24)2)25(20)26(21)40-27/h3-8,16,24,27,33,39H,1,9-15H2,2H3,(H,32,37)(H,34,38)/t24-,27+,30+,31-/m1/s1. The summed E-state index contributed by atoms with van der Waals surface area (Å²) >= 11 is 0. The number of carbonyl (C=O) groups excluding carboxylic acids is 3. The third-order valence-electron chi connectivity index (χ3n) is 9.65. The van der Waals surface area contributed by atoms with Crippen LogP contribution in [0, 0.1) is 0 Å². The van der Waals surface area contributed by atoms with E-state index in [0.29, 0.717) is 54.9 Å². The Hall–Kier alpha value is -3.95. The van der Waals surface area contributed by atoms with Gasteiger partial charge in [0.25, 0.3) is 11.8 Å². The fourth-order valence-corrected chi connectivity index (χ4v) is 7.67. The highest BCUT2D eigenvalue weighted by Crippen LogP contribution is 2.63. The van der Waals surface area contributed by atoms with Gasteiger partial charge in [-0.15, -0.1) is 0 Å². The molecule has 3 heterocycles. The number of nitrogens with zero attached hydrogens (tertiary/aromatic N) is 1. The van der Waals surface area contributed by atoms with Gasteiger partial charge in [-0.05, 0) is 62.0 Å². The van der Waals surface area contributed by atoms with Crippen molar-refractivity contribution in [3.63, 3.8) is 0 Å². The van der Waals surface area contributed by atoms with Crippen molar-refractivity contribution < 1.29 is 24.2 Å². The van der Waals surface area contributed by atoms with Gasteiger partial charge in [0.05, 0.1) is 22.2 Å². The molecule has 2 aliphatic carbocycles. The molecular formula is C31H32N4O5. The Labute approximate surface area is 232 Å². The minimum absolute atomic E-state index is 0.00835. The van der Waals surface area contributed by atoms with Crippen molar-refractivity contribution in [2.24, 2.45) is 0 Å². The lowest BCUT2D eigenvalue weighted by Gasteiger charge is -2.62. The molecule has 2 amide bonds. The number of benzene rings is 2. The molecule has 7 rings (SSSR count). The van der Waals surface area contributed by atoms with Crippen LogP contribution < -0.4 is 20.7 Å². The Morgan fingerprint density at radius 3 is 2.77 bits per heavy atom. The van der Waals surface area contributed by atoms with E-state index in [9.17, 15) is 19.5 Å². The van der Waals surface area contributed by atoms with Gasteiger partial charge in [-0.1, -0.05) is 36.9 Å². The smallest absolute Gasteiger partial charge is 0.258 e. The summed E-state index contributed by atoms with van der Waals surface area (Å²) in [6, 6.07) is 11.3. The minimum Gasteiger partial charge on any atom is -0.480 e. The molecule has 2 aromatic rings. The number of ether oxygens (including phenoxy) is 1. The highest BCUT2D eigenvalue weighted by atomic mass is 16.5. The number of likely N-dealkylation sites (N-methyl/N-ethyl adjacent to an activating group) is 1. The minimum atomic E-state index is -1.06. The van der Waals surface area contributed by atoms with Crippen molar-refractivity contribution >= 4 is 23.2 Å². The number of amides is 2. The topological polar surface area (TPSA) is 120 Å². The van der Waals surface area contributed by atoms with Crippen LogP contribution in [0.4, 0.5) is 0 Å². The van der Waals surface area contributed by atoms with Crippen LogP contribution in [0.15, 0.2) is 55.0 Å². The number of rotatable bonds is 5. The summed E-state index contributed by atoms with van der Waals surface area (Å²) in [5.74, 6) is 0.455. The fourth-order valence-electron chi connectivity index (χ4n) is 7.67. The van der Waals surface area contributed by atoms with Crippen molar-refractivity contribution in [3.8, 4) is 5.75 Å². The van der Waals surface area contributed by atoms with Crippen LogP contribution in [0.5, 0.6) is 5.75 Å². The summed E-state index contributed by atoms with van der Waals surface area (Å²) in [6.07, 6.45) is 3.48. The van der Waals surface area contributed by atoms with Crippen LogP contribution >= 0.6 is 0 Å². The number of hydrogen-bond donors (Lipinski definition) is 4. The summed E-state index contributed by atoms with van der Waals surface area (Å²) in [5.41, 5.74) is 2.82. The normalized spacial score (nSPS) is 30.1. The molecule has 206 valence electrons. The first kappa shape index (κ1) is 25.0. The van der Waals surface area contributed by atoms with Crippen molar-refractivity contribution in [2.45, 2.75) is 55.3 Å². The average Bonchev–Trinajstić information content (AvgIpc) is 3.29. The maximum Gasteiger partial charge on any atom is 0.258 e. The van der Waals surface area contributed by atoms with E-state index in [0.717, 1.165) is 28.8 Å². The summed E-state index contributed by atoms with van der Waals surface area (Å²) in [6.45, 7) is 4.86. The van der Waals surface area contributed by atoms with Gasteiger partial charge in [0.15, 0.2) is 11.9 Å². The Balaban J connectivity index is 1.10. The zero-order valence-corrected chi connectivity index (χ0v) is 22.4. The molecule has 9 nitrogen and oxygen atoms in total. The molecule has 9 heteroatoms. The first-order valence-corrected chi connectivity index (χ1v) is 13.9. The molecule has 0 unspecified atom stereocenters. The van der Waals surface area contributed by atoms with Gasteiger partial charge in [0.2, 0.25) is 0 Å². The van der Waals surface area contributed by atoms with E-state index in [1.165, 1.54) is 0 Å². The predicted octanol–water partition coefficient (Wildman–Crippen LogP) is 1.54. The Kier molecular flexibility index (Phi) is 5.49. The van der Waals surface area contributed by atoms with Gasteiger partial charge >= 0.3 is 0 Å². The number of aliphatic hydroxyl groups is 1. The first-order valence-electron chi connectivity index (χ1n) is 13.9. The second-order valence-corrected chi connectivity index (χ2v) is 11.6. The number of Topliss-reactive ketones (excluding diaryl/α,β-unsaturated/α-hetero) is 1. The monoisotopic (exact) mass is 540 g/mol. The van der Waals surface area contributed by atoms with E-state index in [-0.39, 0.29) is 30.1 Å². The van der Waals surface area contributed by atoms with E-state index >= 15 is 0 Å². The number of hydrogen-bond acceptors (Lipinski definition) is 7. The van der Waals surface area contributed by atoms with Gasteiger partial charge in [0, 0.05) is 30.8 Å². The van der Waals surface area contributed by atoms with Crippen LogP contribution in [0.1, 0.15) is 51.9 Å². The van der Waals surface area contributed by atoms with Crippen molar-refractivity contribution in [3.05, 3.63) is 82.8 Å². The highest BCUT2D eigenvalue weighted by Gasteiger charge is 2.72. The Morgan fingerprint density at radius 2 is 2.00 bits per heavy atom. The van der Waals surface area contributed by atoms with Crippen molar-refractivity contribution in [2.75, 3.05) is 20.1 Å². The van der Waals surface area contributed by atoms with E-state index in [4.69, 9.17) is 4.74 Å². The zero-order valence-electron chi connectivity index (χ0n) is 22.4. The second-order valence-electron chi connectivity index (χ2n) is 11.6. The largest absolute Gasteiger partial charge is 0.480 e. The third-order valence-corrected chi connectivity index (χ3v) is 9.65. The van der Waals surface area contributed by atoms with Gasteiger partial charge < -0.3 is 30.7 Å². The zero-order chi connectivity index (χ0) is 27.8. The first-order chi connectivity index (χ1) is 19.2. The SMILES string of the molecule is C=C1NC=C(c2ccc(CCNC(=O)c3ccc4c5c3O[C@H]3C(=O)CC[C@@]6(O)[C@@H](C4)N(C)CC[C@]536)cc2)C(=O)N1. The molecule has 0 radical (unpaired) electrons. The van der Waals surface area contributed by atoms with Crippen LogP contribution in [0.3, 0.4) is 0 Å². The number of ketones is 1. The molecule has 4 N–H and O–H groups in total. The number of carbonyl (C=O) groups is 3. The fraction of sp³-hybridized carbons (Fsp3) is 0.387. The molecule has 1 spiro atoms. The quantitative estimate of drug-likeness (QED) is 0.454. The molecule has 3 aliphatic heterocycles. The summed E-state index contributed by atoms with van der Waals surface area (Å²) in [7, 11) is 2.04. The molecule has 2 aromatic carbocycles. The molecule has 1 saturated carbocycles. The van der Waals surface area contributed by atoms with Crippen molar-refractivity contribution in [1.29, 1.82) is 0 Å². The predicted molar refractivity (Wildman–Crippen MR) is 147 cm³/mol. The molecular weight excluding hydrogens is 508 g/mol. The maximum atomic E-state index is 13.4. The molecule has 4 atom stereocenters. The summed E-state index contributed by atoms with van der Waals surface area (Å²) < 4.78 is 6.36. The lowest BCUT2D eigenvalue weighted by molar-refractivity contribution is -0.185. The van der Waals surface area contributed by atoms with Gasteiger partial charge in [0.1, 0.15) is 11.6 Å². The van der Waals surface area contributed by atoms with Crippen LogP contribution in [-0.4, -0.2) is 65.5 Å². The molecule has 5 aliphatic rings. The van der Waals surface area contributed by atoms with E-state index in [2.05, 4.69) is 27.4 Å². The van der Waals surface area contributed by atoms with Gasteiger partial charge in [-0.2, -0.15) is 0 Å². The van der Waals surface area contributed by atoms with Gasteiger partial charge in [-0.25, -0.2) is 0 Å². The Bertz CT molecular complexity index is 1510. The lowest BCUT2D eigenvalue weighted by Crippen LogP contribution is -2.76. The van der Waals surface area contributed by atoms with E-state index in [1.54, 1.807) is 12.3 Å². The lowest BCUT2D eigenvalue weighted by atomic mass is 9.49. The molecule has 2 fully saturated rings. The number of piperidine rings is 1.